The van der Waals surface area contributed by atoms with E-state index in [4.69, 9.17) is 10.5 Å². The number of nitrogens with zero attached hydrogens (tertiary/aromatic N) is 2. The second-order valence-corrected chi connectivity index (χ2v) is 3.86. The average molecular weight is 221 g/mol. The molecule has 1 aliphatic rings. The largest absolute Gasteiger partial charge is 0.465 e. The van der Waals surface area contributed by atoms with Gasteiger partial charge in [-0.3, -0.25) is 0 Å². The first kappa shape index (κ1) is 10.9. The number of anilines is 1. The van der Waals surface area contributed by atoms with Crippen molar-refractivity contribution in [3.05, 3.63) is 23.9 Å². The van der Waals surface area contributed by atoms with Crippen LogP contribution in [0.5, 0.6) is 0 Å². The highest BCUT2D eigenvalue weighted by Crippen LogP contribution is 2.21. The van der Waals surface area contributed by atoms with Crippen LogP contribution in [0.2, 0.25) is 0 Å². The van der Waals surface area contributed by atoms with E-state index in [1.54, 1.807) is 18.3 Å². The molecule has 0 radical (unpaired) electrons. The van der Waals surface area contributed by atoms with E-state index in [9.17, 15) is 4.79 Å². The molecule has 0 spiro atoms. The van der Waals surface area contributed by atoms with Crippen molar-refractivity contribution in [2.24, 2.45) is 5.73 Å². The molecular weight excluding hydrogens is 206 g/mol. The highest BCUT2D eigenvalue weighted by atomic mass is 16.5. The summed E-state index contributed by atoms with van der Waals surface area (Å²) in [6.45, 7) is 1.57. The van der Waals surface area contributed by atoms with Crippen LogP contribution in [-0.2, 0) is 4.74 Å². The maximum atomic E-state index is 11.6. The SMILES string of the molecule is COC(=O)c1cccnc1N1CCC(N)C1. The number of carbonyl (C=O) groups excluding carboxylic acids is 1. The minimum absolute atomic E-state index is 0.160. The van der Waals surface area contributed by atoms with Gasteiger partial charge in [0.15, 0.2) is 0 Å². The zero-order chi connectivity index (χ0) is 11.5. The normalized spacial score (nSPS) is 19.9. The monoisotopic (exact) mass is 221 g/mol. The molecule has 86 valence electrons. The highest BCUT2D eigenvalue weighted by molar-refractivity contribution is 5.94. The van der Waals surface area contributed by atoms with Crippen molar-refractivity contribution in [3.63, 3.8) is 0 Å². The van der Waals surface area contributed by atoms with Crippen LogP contribution in [0.4, 0.5) is 5.82 Å². The number of nitrogens with two attached hydrogens (primary N) is 1. The quantitative estimate of drug-likeness (QED) is 0.732. The summed E-state index contributed by atoms with van der Waals surface area (Å²) < 4.78 is 4.73. The molecule has 0 aromatic carbocycles. The van der Waals surface area contributed by atoms with E-state index in [0.29, 0.717) is 11.4 Å². The molecule has 1 aromatic heterocycles. The Morgan fingerprint density at radius 1 is 1.69 bits per heavy atom. The van der Waals surface area contributed by atoms with Gasteiger partial charge in [-0.05, 0) is 18.6 Å². The van der Waals surface area contributed by atoms with Gasteiger partial charge in [0, 0.05) is 25.3 Å². The Hall–Kier alpha value is -1.62. The van der Waals surface area contributed by atoms with Gasteiger partial charge in [0.2, 0.25) is 0 Å². The van der Waals surface area contributed by atoms with Crippen molar-refractivity contribution in [2.45, 2.75) is 12.5 Å². The van der Waals surface area contributed by atoms with Crippen LogP contribution in [-0.4, -0.2) is 37.2 Å². The van der Waals surface area contributed by atoms with Gasteiger partial charge in [-0.25, -0.2) is 9.78 Å². The summed E-state index contributed by atoms with van der Waals surface area (Å²) in [7, 11) is 1.37. The molecule has 1 saturated heterocycles. The zero-order valence-corrected chi connectivity index (χ0v) is 9.22. The number of aromatic nitrogens is 1. The Kier molecular flexibility index (Phi) is 3.05. The Morgan fingerprint density at radius 2 is 2.50 bits per heavy atom. The number of pyridine rings is 1. The highest BCUT2D eigenvalue weighted by Gasteiger charge is 2.24. The molecule has 0 saturated carbocycles. The lowest BCUT2D eigenvalue weighted by Gasteiger charge is -2.18. The third-order valence-corrected chi connectivity index (χ3v) is 2.72. The first-order valence-corrected chi connectivity index (χ1v) is 5.26. The van der Waals surface area contributed by atoms with E-state index in [0.717, 1.165) is 19.5 Å². The molecule has 0 bridgehead atoms. The number of ether oxygens (including phenoxy) is 1. The standard InChI is InChI=1S/C11H15N3O2/c1-16-11(15)9-3-2-5-13-10(9)14-6-4-8(12)7-14/h2-3,5,8H,4,6-7,12H2,1H3. The number of hydrogen-bond donors (Lipinski definition) is 1. The average Bonchev–Trinajstić information content (AvgIpc) is 2.75. The lowest BCUT2D eigenvalue weighted by Crippen LogP contribution is -2.28. The van der Waals surface area contributed by atoms with Crippen molar-refractivity contribution < 1.29 is 9.53 Å². The van der Waals surface area contributed by atoms with Crippen LogP contribution in [0.1, 0.15) is 16.8 Å². The second-order valence-electron chi connectivity index (χ2n) is 3.86. The summed E-state index contributed by atoms with van der Waals surface area (Å²) in [5, 5.41) is 0. The summed E-state index contributed by atoms with van der Waals surface area (Å²) >= 11 is 0. The molecular formula is C11H15N3O2. The molecule has 0 amide bonds. The van der Waals surface area contributed by atoms with Gasteiger partial charge < -0.3 is 15.4 Å². The third-order valence-electron chi connectivity index (χ3n) is 2.72. The Labute approximate surface area is 94.2 Å². The smallest absolute Gasteiger partial charge is 0.341 e. The number of carbonyl (C=O) groups is 1. The van der Waals surface area contributed by atoms with Crippen LogP contribution in [0.15, 0.2) is 18.3 Å². The maximum Gasteiger partial charge on any atom is 0.341 e. The van der Waals surface area contributed by atoms with Gasteiger partial charge in [-0.1, -0.05) is 0 Å². The zero-order valence-electron chi connectivity index (χ0n) is 9.22. The number of methoxy groups -OCH3 is 1. The van der Waals surface area contributed by atoms with Crippen molar-refractivity contribution in [2.75, 3.05) is 25.1 Å². The fourth-order valence-corrected chi connectivity index (χ4v) is 1.90. The molecule has 2 N–H and O–H groups in total. The number of rotatable bonds is 2. The molecule has 1 aromatic rings. The molecule has 1 unspecified atom stereocenters. The van der Waals surface area contributed by atoms with Crippen LogP contribution in [0.3, 0.4) is 0 Å². The summed E-state index contributed by atoms with van der Waals surface area (Å²) in [6.07, 6.45) is 2.60. The van der Waals surface area contributed by atoms with Gasteiger partial charge in [-0.15, -0.1) is 0 Å². The van der Waals surface area contributed by atoms with Crippen LogP contribution >= 0.6 is 0 Å². The predicted octanol–water partition coefficient (Wildman–Crippen LogP) is 0.406. The predicted molar refractivity (Wildman–Crippen MR) is 60.4 cm³/mol. The first-order chi connectivity index (χ1) is 7.72. The van der Waals surface area contributed by atoms with Gasteiger partial charge in [-0.2, -0.15) is 0 Å². The fraction of sp³-hybridized carbons (Fsp3) is 0.455. The minimum atomic E-state index is -0.358. The van der Waals surface area contributed by atoms with Gasteiger partial charge >= 0.3 is 5.97 Å². The van der Waals surface area contributed by atoms with Crippen molar-refractivity contribution in [1.29, 1.82) is 0 Å². The third kappa shape index (κ3) is 1.99. The van der Waals surface area contributed by atoms with E-state index < -0.39 is 0 Å². The molecule has 2 rings (SSSR count). The molecule has 1 fully saturated rings. The molecule has 5 nitrogen and oxygen atoms in total. The second kappa shape index (κ2) is 4.49. The topological polar surface area (TPSA) is 68.5 Å². The summed E-state index contributed by atoms with van der Waals surface area (Å²) in [5.74, 6) is 0.311. The van der Waals surface area contributed by atoms with Crippen LogP contribution in [0.25, 0.3) is 0 Å². The van der Waals surface area contributed by atoms with E-state index in [1.807, 2.05) is 4.90 Å². The fourth-order valence-electron chi connectivity index (χ4n) is 1.90. The van der Waals surface area contributed by atoms with Gasteiger partial charge in [0.25, 0.3) is 0 Å². The van der Waals surface area contributed by atoms with E-state index >= 15 is 0 Å². The van der Waals surface area contributed by atoms with Crippen LogP contribution in [0, 0.1) is 0 Å². The Bertz CT molecular complexity index is 395. The van der Waals surface area contributed by atoms with E-state index in [-0.39, 0.29) is 12.0 Å². The summed E-state index contributed by atoms with van der Waals surface area (Å²) in [5.41, 5.74) is 6.33. The summed E-state index contributed by atoms with van der Waals surface area (Å²) in [6, 6.07) is 3.61. The Balaban J connectivity index is 2.29. The Morgan fingerprint density at radius 3 is 3.12 bits per heavy atom. The number of esters is 1. The first-order valence-electron chi connectivity index (χ1n) is 5.26. The lowest BCUT2D eigenvalue weighted by atomic mass is 10.2. The van der Waals surface area contributed by atoms with Gasteiger partial charge in [0.1, 0.15) is 11.4 Å². The maximum absolute atomic E-state index is 11.6. The molecule has 1 atom stereocenters. The van der Waals surface area contributed by atoms with E-state index in [2.05, 4.69) is 4.98 Å². The molecule has 5 heteroatoms. The van der Waals surface area contributed by atoms with Gasteiger partial charge in [0.05, 0.1) is 7.11 Å². The minimum Gasteiger partial charge on any atom is -0.465 e. The summed E-state index contributed by atoms with van der Waals surface area (Å²) in [4.78, 5) is 17.8. The molecule has 1 aliphatic heterocycles. The molecule has 2 heterocycles. The van der Waals surface area contributed by atoms with Crippen LogP contribution < -0.4 is 10.6 Å². The van der Waals surface area contributed by atoms with E-state index in [1.165, 1.54) is 7.11 Å². The lowest BCUT2D eigenvalue weighted by molar-refractivity contribution is 0.0601. The molecule has 16 heavy (non-hydrogen) atoms. The van der Waals surface area contributed by atoms with Crippen molar-refractivity contribution in [1.82, 2.24) is 4.98 Å². The molecule has 0 aliphatic carbocycles. The van der Waals surface area contributed by atoms with Crippen molar-refractivity contribution in [3.8, 4) is 0 Å². The van der Waals surface area contributed by atoms with Crippen molar-refractivity contribution >= 4 is 11.8 Å². The number of hydrogen-bond acceptors (Lipinski definition) is 5.